The van der Waals surface area contributed by atoms with Crippen molar-refractivity contribution in [3.05, 3.63) is 0 Å². The van der Waals surface area contributed by atoms with E-state index in [-0.39, 0.29) is 5.75 Å². The van der Waals surface area contributed by atoms with Crippen molar-refractivity contribution in [1.29, 1.82) is 0 Å². The number of rotatable bonds is 5. The number of hydrogen-bond acceptors (Lipinski definition) is 5. The summed E-state index contributed by atoms with van der Waals surface area (Å²) in [4.78, 5) is 7.33. The molecular formula is C10H21N4O3S+. The molecule has 4 aliphatic heterocycles. The molecule has 18 heavy (non-hydrogen) atoms. The smallest absolute Gasteiger partial charge is 0.264 e. The minimum absolute atomic E-state index is 0.107. The summed E-state index contributed by atoms with van der Waals surface area (Å²) in [6.45, 7) is 7.46. The van der Waals surface area contributed by atoms with Gasteiger partial charge in [-0.25, -0.2) is 14.7 Å². The molecule has 4 bridgehead atoms. The lowest BCUT2D eigenvalue weighted by Crippen LogP contribution is -2.79. The molecule has 0 aromatic rings. The van der Waals surface area contributed by atoms with Crippen molar-refractivity contribution < 1.29 is 17.5 Å². The molecule has 4 heterocycles. The van der Waals surface area contributed by atoms with Crippen molar-refractivity contribution in [3.8, 4) is 0 Å². The van der Waals surface area contributed by atoms with Crippen LogP contribution in [-0.4, -0.2) is 84.5 Å². The van der Waals surface area contributed by atoms with Gasteiger partial charge in [-0.3, -0.25) is 9.04 Å². The molecule has 4 aliphatic rings. The van der Waals surface area contributed by atoms with Crippen LogP contribution in [0.5, 0.6) is 0 Å². The van der Waals surface area contributed by atoms with Crippen LogP contribution < -0.4 is 0 Å². The maximum Gasteiger partial charge on any atom is 0.264 e. The largest absolute Gasteiger partial charge is 0.286 e. The molecule has 7 nitrogen and oxygen atoms in total. The van der Waals surface area contributed by atoms with Gasteiger partial charge in [-0.05, 0) is 12.8 Å². The highest BCUT2D eigenvalue weighted by Crippen LogP contribution is 2.28. The average Bonchev–Trinajstić information content (AvgIpc) is 2.21. The number of quaternary nitrogens is 1. The van der Waals surface area contributed by atoms with Crippen LogP contribution in [0.25, 0.3) is 0 Å². The van der Waals surface area contributed by atoms with Crippen LogP contribution in [0.1, 0.15) is 12.8 Å². The van der Waals surface area contributed by atoms with Crippen molar-refractivity contribution in [1.82, 2.24) is 14.7 Å². The molecule has 0 aliphatic carbocycles. The van der Waals surface area contributed by atoms with Gasteiger partial charge in [0.05, 0.1) is 32.3 Å². The first-order chi connectivity index (χ1) is 8.44. The fourth-order valence-corrected chi connectivity index (χ4v) is 4.17. The third-order valence-corrected chi connectivity index (χ3v) is 4.79. The van der Waals surface area contributed by atoms with E-state index in [0.717, 1.165) is 57.5 Å². The van der Waals surface area contributed by atoms with Gasteiger partial charge in [0.15, 0.2) is 0 Å². The van der Waals surface area contributed by atoms with Gasteiger partial charge < -0.3 is 0 Å². The molecule has 4 rings (SSSR count). The van der Waals surface area contributed by atoms with Gasteiger partial charge in [-0.1, -0.05) is 0 Å². The number of nitrogens with zero attached hydrogens (tertiary/aromatic N) is 4. The van der Waals surface area contributed by atoms with Gasteiger partial charge in [-0.2, -0.15) is 8.42 Å². The third kappa shape index (κ3) is 2.68. The third-order valence-electron chi connectivity index (χ3n) is 3.98. The lowest BCUT2D eigenvalue weighted by atomic mass is 10.2. The minimum atomic E-state index is -3.79. The highest BCUT2D eigenvalue weighted by atomic mass is 32.2. The summed E-state index contributed by atoms with van der Waals surface area (Å²) in [5, 5.41) is 0. The van der Waals surface area contributed by atoms with Crippen LogP contribution in [0.15, 0.2) is 0 Å². The topological polar surface area (TPSA) is 64.1 Å². The van der Waals surface area contributed by atoms with Crippen LogP contribution in [0.2, 0.25) is 0 Å². The van der Waals surface area contributed by atoms with E-state index in [0.29, 0.717) is 6.42 Å². The lowest BCUT2D eigenvalue weighted by molar-refractivity contribution is -0.980. The highest BCUT2D eigenvalue weighted by molar-refractivity contribution is 7.85. The second-order valence-corrected chi connectivity index (χ2v) is 7.49. The molecule has 4 fully saturated rings. The molecule has 0 spiro atoms. The van der Waals surface area contributed by atoms with Crippen molar-refractivity contribution in [2.75, 3.05) is 52.3 Å². The fourth-order valence-electron chi connectivity index (χ4n) is 3.60. The predicted molar refractivity (Wildman–Crippen MR) is 65.5 cm³/mol. The molecule has 1 N–H and O–H groups in total. The van der Waals surface area contributed by atoms with Crippen molar-refractivity contribution in [3.63, 3.8) is 0 Å². The molecule has 0 atom stereocenters. The summed E-state index contributed by atoms with van der Waals surface area (Å²) in [5.74, 6) is -0.107. The molecule has 0 aromatic carbocycles. The van der Waals surface area contributed by atoms with E-state index >= 15 is 0 Å². The summed E-state index contributed by atoms with van der Waals surface area (Å²) < 4.78 is 31.1. The van der Waals surface area contributed by atoms with Gasteiger partial charge >= 0.3 is 0 Å². The summed E-state index contributed by atoms with van der Waals surface area (Å²) in [5.41, 5.74) is 0. The van der Waals surface area contributed by atoms with E-state index in [2.05, 4.69) is 14.7 Å². The Balaban J connectivity index is 1.53. The van der Waals surface area contributed by atoms with Gasteiger partial charge in [-0.15, -0.1) is 0 Å². The van der Waals surface area contributed by atoms with E-state index in [4.69, 9.17) is 4.55 Å². The SMILES string of the molecule is O=S(=O)(O)CCCC[N+]12CN3CN(CN(C3)C1)C2. The molecule has 4 saturated heterocycles. The summed E-state index contributed by atoms with van der Waals surface area (Å²) in [7, 11) is -3.79. The van der Waals surface area contributed by atoms with E-state index in [9.17, 15) is 8.42 Å². The maximum absolute atomic E-state index is 10.7. The monoisotopic (exact) mass is 277 g/mol. The zero-order chi connectivity index (χ0) is 12.8. The van der Waals surface area contributed by atoms with Crippen LogP contribution in [-0.2, 0) is 10.1 Å². The van der Waals surface area contributed by atoms with E-state index in [1.54, 1.807) is 0 Å². The molecule has 104 valence electrons. The zero-order valence-corrected chi connectivity index (χ0v) is 11.3. The summed E-state index contributed by atoms with van der Waals surface area (Å²) >= 11 is 0. The molecule has 0 saturated carbocycles. The van der Waals surface area contributed by atoms with E-state index in [1.807, 2.05) is 0 Å². The Bertz CT molecular complexity index is 390. The summed E-state index contributed by atoms with van der Waals surface area (Å²) in [6, 6.07) is 0. The Morgan fingerprint density at radius 2 is 1.44 bits per heavy atom. The van der Waals surface area contributed by atoms with Gasteiger partial charge in [0.25, 0.3) is 10.1 Å². The lowest BCUT2D eigenvalue weighted by Gasteiger charge is -2.60. The first-order valence-corrected chi connectivity index (χ1v) is 8.02. The Hall–Kier alpha value is -0.250. The van der Waals surface area contributed by atoms with E-state index < -0.39 is 10.1 Å². The molecular weight excluding hydrogens is 256 g/mol. The Labute approximate surface area is 108 Å². The van der Waals surface area contributed by atoms with E-state index in [1.165, 1.54) is 0 Å². The number of hydrogen-bond donors (Lipinski definition) is 1. The molecule has 8 heteroatoms. The first kappa shape index (κ1) is 12.8. The highest BCUT2D eigenvalue weighted by Gasteiger charge is 2.47. The molecule has 0 radical (unpaired) electrons. The summed E-state index contributed by atoms with van der Waals surface area (Å²) in [6.07, 6.45) is 1.41. The second kappa shape index (κ2) is 4.39. The molecule has 0 aromatic heterocycles. The standard InChI is InChI=1S/C10H20N4O3S/c15-18(16,17)4-2-1-3-14-8-11-5-12(9-14)7-13(6-11)10-14/h1-10H2/p+1. The van der Waals surface area contributed by atoms with Gasteiger partial charge in [0.1, 0.15) is 20.0 Å². The Kier molecular flexibility index (Phi) is 3.12. The second-order valence-electron chi connectivity index (χ2n) is 5.92. The number of unbranched alkanes of at least 4 members (excludes halogenated alkanes) is 1. The maximum atomic E-state index is 10.7. The molecule has 0 unspecified atom stereocenters. The van der Waals surface area contributed by atoms with Crippen LogP contribution in [0.4, 0.5) is 0 Å². The quantitative estimate of drug-likeness (QED) is 0.402. The molecule has 0 amide bonds. The van der Waals surface area contributed by atoms with Crippen LogP contribution in [0.3, 0.4) is 0 Å². The van der Waals surface area contributed by atoms with Crippen molar-refractivity contribution >= 4 is 10.1 Å². The normalized spacial score (nSPS) is 42.4. The minimum Gasteiger partial charge on any atom is -0.286 e. The van der Waals surface area contributed by atoms with Crippen molar-refractivity contribution in [2.45, 2.75) is 12.8 Å². The van der Waals surface area contributed by atoms with Gasteiger partial charge in [0.2, 0.25) is 0 Å². The fraction of sp³-hybridized carbons (Fsp3) is 1.00. The van der Waals surface area contributed by atoms with Crippen molar-refractivity contribution in [2.24, 2.45) is 0 Å². The Morgan fingerprint density at radius 3 is 1.89 bits per heavy atom. The van der Waals surface area contributed by atoms with Crippen LogP contribution >= 0.6 is 0 Å². The average molecular weight is 277 g/mol. The Morgan fingerprint density at radius 1 is 0.944 bits per heavy atom. The van der Waals surface area contributed by atoms with Crippen LogP contribution in [0, 0.1) is 0 Å². The first-order valence-electron chi connectivity index (χ1n) is 6.42. The predicted octanol–water partition coefficient (Wildman–Crippen LogP) is -0.837. The zero-order valence-electron chi connectivity index (χ0n) is 10.5. The van der Waals surface area contributed by atoms with Gasteiger partial charge in [0, 0.05) is 0 Å².